The van der Waals surface area contributed by atoms with Gasteiger partial charge >= 0.3 is 11.9 Å². The first-order valence-electron chi connectivity index (χ1n) is 14.5. The van der Waals surface area contributed by atoms with Crippen molar-refractivity contribution < 1.29 is 24.2 Å². The molecule has 4 aliphatic rings. The van der Waals surface area contributed by atoms with Gasteiger partial charge in [0.1, 0.15) is 0 Å². The fourth-order valence-corrected chi connectivity index (χ4v) is 6.00. The van der Waals surface area contributed by atoms with Crippen LogP contribution in [0.15, 0.2) is 90.0 Å². The minimum atomic E-state index is -0.587. The standard InChI is InChI=1S/C35H36N4O5/c1-9-21-17(3)25-13-27-19(5)23(11-12-31(41)43-7)33(38-27)24(16-40)34-32(35(42)44-8)20(6)28(39-34)15-30-22(10-2)18(4)26(37-30)14-29(21)36-25/h9,13-16,36,40H,1,10-12H2,2-8H3/b24-16+,26-14?,27-13?,28-15?. The summed E-state index contributed by atoms with van der Waals surface area (Å²) in [5.41, 5.74) is 11.8. The van der Waals surface area contributed by atoms with Gasteiger partial charge in [-0.15, -0.1) is 0 Å². The molecule has 1 aromatic rings. The van der Waals surface area contributed by atoms with Crippen molar-refractivity contribution in [3.8, 4) is 0 Å². The second-order valence-electron chi connectivity index (χ2n) is 10.9. The van der Waals surface area contributed by atoms with Crippen molar-refractivity contribution in [2.24, 2.45) is 15.0 Å². The Labute approximate surface area is 256 Å². The summed E-state index contributed by atoms with van der Waals surface area (Å²) < 4.78 is 10.1. The molecule has 5 heterocycles. The van der Waals surface area contributed by atoms with Crippen LogP contribution in [0.2, 0.25) is 0 Å². The number of hydrogen-bond acceptors (Lipinski definition) is 8. The van der Waals surface area contributed by atoms with Gasteiger partial charge in [-0.05, 0) is 92.2 Å². The number of aliphatic hydroxyl groups excluding tert-OH is 1. The molecule has 0 fully saturated rings. The van der Waals surface area contributed by atoms with E-state index in [-0.39, 0.29) is 29.2 Å². The molecule has 8 bridgehead atoms. The number of hydrogen-bond donors (Lipinski definition) is 2. The van der Waals surface area contributed by atoms with Gasteiger partial charge in [-0.1, -0.05) is 19.6 Å². The Morgan fingerprint density at radius 1 is 0.886 bits per heavy atom. The summed E-state index contributed by atoms with van der Waals surface area (Å²) in [6, 6.07) is 0. The lowest BCUT2D eigenvalue weighted by Gasteiger charge is -2.13. The Bertz CT molecular complexity index is 1840. The van der Waals surface area contributed by atoms with E-state index in [1.807, 2.05) is 38.2 Å². The number of esters is 2. The first-order valence-corrected chi connectivity index (χ1v) is 14.5. The van der Waals surface area contributed by atoms with E-state index in [0.29, 0.717) is 29.1 Å². The number of aliphatic hydroxyl groups is 1. The van der Waals surface area contributed by atoms with Gasteiger partial charge in [-0.3, -0.25) is 4.79 Å². The molecule has 0 spiro atoms. The highest BCUT2D eigenvalue weighted by Crippen LogP contribution is 2.39. The molecule has 0 aliphatic carbocycles. The third-order valence-corrected chi connectivity index (χ3v) is 8.57. The lowest BCUT2D eigenvalue weighted by atomic mass is 9.91. The van der Waals surface area contributed by atoms with Crippen molar-refractivity contribution in [2.45, 2.75) is 53.9 Å². The zero-order valence-corrected chi connectivity index (χ0v) is 26.1. The monoisotopic (exact) mass is 592 g/mol. The molecular formula is C35H36N4O5. The first-order chi connectivity index (χ1) is 21.1. The van der Waals surface area contributed by atoms with Crippen LogP contribution in [0.5, 0.6) is 0 Å². The maximum atomic E-state index is 13.2. The number of aromatic nitrogens is 1. The van der Waals surface area contributed by atoms with Gasteiger partial charge in [0.15, 0.2) is 0 Å². The summed E-state index contributed by atoms with van der Waals surface area (Å²) in [5.74, 6) is -0.959. The molecule has 0 saturated carbocycles. The highest BCUT2D eigenvalue weighted by molar-refractivity contribution is 6.42. The minimum absolute atomic E-state index is 0.107. The number of nitrogens with zero attached hydrogens (tertiary/aromatic N) is 3. The average Bonchev–Trinajstić information content (AvgIpc) is 3.69. The maximum absolute atomic E-state index is 13.2. The van der Waals surface area contributed by atoms with Crippen molar-refractivity contribution >= 4 is 47.3 Å². The summed E-state index contributed by atoms with van der Waals surface area (Å²) in [7, 11) is 2.65. The van der Waals surface area contributed by atoms with E-state index < -0.39 is 5.97 Å². The third-order valence-electron chi connectivity index (χ3n) is 8.57. The Kier molecular flexibility index (Phi) is 8.23. The van der Waals surface area contributed by atoms with Crippen molar-refractivity contribution in [3.63, 3.8) is 0 Å². The summed E-state index contributed by atoms with van der Waals surface area (Å²) in [6.07, 6.45) is 9.74. The van der Waals surface area contributed by atoms with Crippen LogP contribution in [0.3, 0.4) is 0 Å². The Hall–Kier alpha value is -5.05. The zero-order chi connectivity index (χ0) is 31.9. The van der Waals surface area contributed by atoms with E-state index in [2.05, 4.69) is 25.4 Å². The van der Waals surface area contributed by atoms with Gasteiger partial charge in [-0.2, -0.15) is 0 Å². The number of aliphatic imine (C=N–C) groups is 3. The van der Waals surface area contributed by atoms with Crippen LogP contribution < -0.4 is 0 Å². The smallest absolute Gasteiger partial charge is 0.340 e. The predicted molar refractivity (Wildman–Crippen MR) is 174 cm³/mol. The van der Waals surface area contributed by atoms with Crippen molar-refractivity contribution in [2.75, 3.05) is 14.2 Å². The normalized spacial score (nSPS) is 18.7. The molecule has 0 aromatic carbocycles. The summed E-state index contributed by atoms with van der Waals surface area (Å²) in [5, 5.41) is 10.7. The molecule has 0 amide bonds. The van der Waals surface area contributed by atoms with E-state index in [4.69, 9.17) is 24.5 Å². The van der Waals surface area contributed by atoms with Crippen LogP contribution in [-0.4, -0.2) is 53.4 Å². The number of H-pyrrole nitrogens is 1. The molecule has 9 heteroatoms. The van der Waals surface area contributed by atoms with E-state index in [0.717, 1.165) is 68.9 Å². The molecule has 0 saturated heterocycles. The van der Waals surface area contributed by atoms with Crippen LogP contribution in [0, 0.1) is 6.92 Å². The van der Waals surface area contributed by atoms with Crippen molar-refractivity contribution in [1.82, 2.24) is 4.98 Å². The number of nitrogens with one attached hydrogen (secondary N) is 1. The zero-order valence-electron chi connectivity index (χ0n) is 26.1. The number of rotatable bonds is 6. The van der Waals surface area contributed by atoms with Gasteiger partial charge in [-0.25, -0.2) is 19.8 Å². The van der Waals surface area contributed by atoms with Crippen LogP contribution >= 0.6 is 0 Å². The topological polar surface area (TPSA) is 126 Å². The quantitative estimate of drug-likeness (QED) is 0.276. The average molecular weight is 593 g/mol. The Balaban J connectivity index is 1.85. The maximum Gasteiger partial charge on any atom is 0.340 e. The number of methoxy groups -OCH3 is 2. The van der Waals surface area contributed by atoms with Gasteiger partial charge in [0.2, 0.25) is 0 Å². The molecule has 0 radical (unpaired) electrons. The molecule has 4 aliphatic heterocycles. The van der Waals surface area contributed by atoms with E-state index in [9.17, 15) is 14.7 Å². The van der Waals surface area contributed by atoms with Crippen LogP contribution in [0.4, 0.5) is 0 Å². The second kappa shape index (κ2) is 11.9. The fourth-order valence-electron chi connectivity index (χ4n) is 6.00. The van der Waals surface area contributed by atoms with E-state index in [1.54, 1.807) is 6.92 Å². The summed E-state index contributed by atoms with van der Waals surface area (Å²) in [6.45, 7) is 13.9. The number of ether oxygens (including phenoxy) is 2. The van der Waals surface area contributed by atoms with Crippen LogP contribution in [0.25, 0.3) is 18.2 Å². The number of aromatic amines is 1. The lowest BCUT2D eigenvalue weighted by Crippen LogP contribution is -2.21. The molecule has 44 heavy (non-hydrogen) atoms. The summed E-state index contributed by atoms with van der Waals surface area (Å²) in [4.78, 5) is 43.7. The molecule has 2 N–H and O–H groups in total. The van der Waals surface area contributed by atoms with Crippen LogP contribution in [0.1, 0.15) is 69.5 Å². The SMILES string of the molecule is C=Cc1c2[nH]c(c1C)C=C1N=C(C(CCC(=O)OC)=C1C)/C(=C\O)C1=NC(=CC3=NC(=C2)C(C)=C3CC)C(C)=C1C(=O)OC. The number of fused-ring (bicyclic) bond motifs is 5. The third kappa shape index (κ3) is 4.98. The molecular weight excluding hydrogens is 556 g/mol. The largest absolute Gasteiger partial charge is 0.515 e. The molecule has 0 unspecified atom stereocenters. The molecule has 1 aromatic heterocycles. The Morgan fingerprint density at radius 2 is 1.52 bits per heavy atom. The number of carbonyl (C=O) groups is 2. The second-order valence-corrected chi connectivity index (χ2v) is 10.9. The molecule has 0 atom stereocenters. The van der Waals surface area contributed by atoms with Gasteiger partial charge in [0.25, 0.3) is 0 Å². The lowest BCUT2D eigenvalue weighted by molar-refractivity contribution is -0.140. The van der Waals surface area contributed by atoms with E-state index in [1.165, 1.54) is 14.2 Å². The van der Waals surface area contributed by atoms with Crippen LogP contribution in [-0.2, 0) is 19.1 Å². The van der Waals surface area contributed by atoms with Crippen molar-refractivity contribution in [1.29, 1.82) is 0 Å². The van der Waals surface area contributed by atoms with Gasteiger partial charge < -0.3 is 19.6 Å². The van der Waals surface area contributed by atoms with Crippen molar-refractivity contribution in [3.05, 3.63) is 97.5 Å². The summed E-state index contributed by atoms with van der Waals surface area (Å²) >= 11 is 0. The first kappa shape index (κ1) is 30.4. The highest BCUT2D eigenvalue weighted by atomic mass is 16.5. The number of allylic oxidation sites excluding steroid dienone is 7. The highest BCUT2D eigenvalue weighted by Gasteiger charge is 2.36. The minimum Gasteiger partial charge on any atom is -0.515 e. The van der Waals surface area contributed by atoms with Gasteiger partial charge in [0.05, 0.1) is 65.9 Å². The van der Waals surface area contributed by atoms with Gasteiger partial charge in [0, 0.05) is 23.4 Å². The fraction of sp³-hybridized carbons (Fsp3) is 0.286. The predicted octanol–water partition coefficient (Wildman–Crippen LogP) is 6.84. The Morgan fingerprint density at radius 3 is 2.16 bits per heavy atom. The molecule has 9 nitrogen and oxygen atoms in total. The molecule has 5 rings (SSSR count). The molecule has 226 valence electrons. The van der Waals surface area contributed by atoms with E-state index >= 15 is 0 Å². The number of carbonyl (C=O) groups excluding carboxylic acids is 2.